The lowest BCUT2D eigenvalue weighted by atomic mass is 9.96. The van der Waals surface area contributed by atoms with E-state index in [0.717, 1.165) is 35.6 Å². The lowest BCUT2D eigenvalue weighted by Gasteiger charge is -2.13. The van der Waals surface area contributed by atoms with Crippen molar-refractivity contribution >= 4 is 22.7 Å². The summed E-state index contributed by atoms with van der Waals surface area (Å²) < 4.78 is 4.85. The molecule has 0 fully saturated rings. The van der Waals surface area contributed by atoms with Gasteiger partial charge in [0.2, 0.25) is 0 Å². The van der Waals surface area contributed by atoms with Gasteiger partial charge >= 0.3 is 11.9 Å². The van der Waals surface area contributed by atoms with Crippen LogP contribution in [0.2, 0.25) is 0 Å². The molecule has 2 aromatic rings. The summed E-state index contributed by atoms with van der Waals surface area (Å²) in [6, 6.07) is 4.94. The van der Waals surface area contributed by atoms with E-state index in [-0.39, 0.29) is 5.56 Å². The maximum Gasteiger partial charge on any atom is 0.356 e. The first-order valence-corrected chi connectivity index (χ1v) is 7.74. The van der Waals surface area contributed by atoms with E-state index in [1.165, 1.54) is 7.11 Å². The van der Waals surface area contributed by atoms with Crippen molar-refractivity contribution in [1.82, 2.24) is 4.98 Å². The Balaban J connectivity index is 2.66. The number of fused-ring (bicyclic) bond motifs is 1. The summed E-state index contributed by atoms with van der Waals surface area (Å²) in [6.07, 6.45) is 3.80. The highest BCUT2D eigenvalue weighted by Crippen LogP contribution is 2.27. The number of aryl methyl sites for hydroxylation is 2. The van der Waals surface area contributed by atoms with Crippen LogP contribution < -0.4 is 0 Å². The van der Waals surface area contributed by atoms with Crippen molar-refractivity contribution in [3.63, 3.8) is 0 Å². The van der Waals surface area contributed by atoms with Gasteiger partial charge in [-0.2, -0.15) is 0 Å². The second-order valence-corrected chi connectivity index (χ2v) is 5.54. The molecule has 0 unspecified atom stereocenters. The molecular formula is C18H21NO4. The Bertz CT molecular complexity index is 752. The Morgan fingerprint density at radius 1 is 1.22 bits per heavy atom. The number of rotatable bonds is 6. The number of carbonyl (C=O) groups excluding carboxylic acids is 1. The maximum atomic E-state index is 12.1. The lowest BCUT2D eigenvalue weighted by Crippen LogP contribution is -2.11. The van der Waals surface area contributed by atoms with E-state index in [1.807, 2.05) is 0 Å². The minimum absolute atomic E-state index is 0.215. The molecule has 0 saturated carbocycles. The molecule has 0 aliphatic heterocycles. The summed E-state index contributed by atoms with van der Waals surface area (Å²) >= 11 is 0. The highest BCUT2D eigenvalue weighted by atomic mass is 16.5. The van der Waals surface area contributed by atoms with Gasteiger partial charge in [-0.25, -0.2) is 14.6 Å². The molecular weight excluding hydrogens is 294 g/mol. The Kier molecular flexibility index (Phi) is 5.32. The minimum atomic E-state index is -0.976. The number of unbranched alkanes of at least 4 members (excludes halogenated alkanes) is 2. The molecule has 5 nitrogen and oxygen atoms in total. The summed E-state index contributed by atoms with van der Waals surface area (Å²) in [7, 11) is 1.34. The van der Waals surface area contributed by atoms with Crippen LogP contribution in [0.5, 0.6) is 0 Å². The number of esters is 1. The smallest absolute Gasteiger partial charge is 0.356 e. The number of nitrogens with zero attached hydrogens (tertiary/aromatic N) is 1. The third-order valence-corrected chi connectivity index (χ3v) is 3.96. The Morgan fingerprint density at radius 3 is 2.57 bits per heavy atom. The number of carboxylic acids is 1. The van der Waals surface area contributed by atoms with Crippen LogP contribution in [0, 0.1) is 6.92 Å². The van der Waals surface area contributed by atoms with Crippen molar-refractivity contribution in [3.05, 3.63) is 40.7 Å². The van der Waals surface area contributed by atoms with Crippen LogP contribution in [0.25, 0.3) is 10.8 Å². The van der Waals surface area contributed by atoms with Gasteiger partial charge in [0.1, 0.15) is 0 Å². The number of carboxylic acid groups (broad SMARTS) is 1. The number of pyridine rings is 1. The van der Waals surface area contributed by atoms with Crippen LogP contribution in [0.15, 0.2) is 18.2 Å². The average molecular weight is 315 g/mol. The molecule has 1 N–H and O–H groups in total. The first-order valence-electron chi connectivity index (χ1n) is 7.74. The summed E-state index contributed by atoms with van der Waals surface area (Å²) in [4.78, 5) is 27.6. The fourth-order valence-electron chi connectivity index (χ4n) is 2.73. The van der Waals surface area contributed by atoms with Crippen LogP contribution >= 0.6 is 0 Å². The predicted octanol–water partition coefficient (Wildman–Crippen LogP) is 3.76. The summed E-state index contributed by atoms with van der Waals surface area (Å²) in [5.41, 5.74) is 2.01. The molecule has 0 aliphatic rings. The number of hydrogen-bond acceptors (Lipinski definition) is 4. The number of benzene rings is 1. The van der Waals surface area contributed by atoms with Crippen molar-refractivity contribution in [2.45, 2.75) is 39.5 Å². The zero-order valence-electron chi connectivity index (χ0n) is 13.7. The average Bonchev–Trinajstić information content (AvgIpc) is 2.55. The van der Waals surface area contributed by atoms with E-state index < -0.39 is 11.9 Å². The molecule has 0 radical (unpaired) electrons. The predicted molar refractivity (Wildman–Crippen MR) is 88.0 cm³/mol. The summed E-state index contributed by atoms with van der Waals surface area (Å²) in [5, 5.41) is 10.8. The molecule has 0 aliphatic carbocycles. The van der Waals surface area contributed by atoms with Crippen LogP contribution in [0.1, 0.15) is 58.3 Å². The van der Waals surface area contributed by atoms with Gasteiger partial charge in [0.05, 0.1) is 12.7 Å². The van der Waals surface area contributed by atoms with E-state index in [2.05, 4.69) is 11.9 Å². The number of carbonyl (C=O) groups is 2. The van der Waals surface area contributed by atoms with Gasteiger partial charge < -0.3 is 9.84 Å². The Labute approximate surface area is 135 Å². The van der Waals surface area contributed by atoms with Crippen molar-refractivity contribution in [2.24, 2.45) is 0 Å². The second kappa shape index (κ2) is 7.22. The van der Waals surface area contributed by atoms with Gasteiger partial charge in [-0.15, -0.1) is 0 Å². The van der Waals surface area contributed by atoms with Gasteiger partial charge in [0, 0.05) is 11.1 Å². The van der Waals surface area contributed by atoms with Crippen LogP contribution in [-0.4, -0.2) is 29.1 Å². The van der Waals surface area contributed by atoms with E-state index in [9.17, 15) is 9.59 Å². The number of hydrogen-bond donors (Lipinski definition) is 1. The molecule has 0 bridgehead atoms. The molecule has 122 valence electrons. The minimum Gasteiger partial charge on any atom is -0.478 e. The zero-order chi connectivity index (χ0) is 17.0. The Morgan fingerprint density at radius 2 is 1.96 bits per heavy atom. The standard InChI is InChI=1S/C18H21NO4/c1-4-5-6-7-14-13-9-8-12(17(20)21)10-15(13)11(2)19-16(14)18(22)23-3/h8-10H,4-7H2,1-3H3,(H,20,21). The first-order chi connectivity index (χ1) is 11.0. The Hall–Kier alpha value is -2.43. The molecule has 1 aromatic carbocycles. The van der Waals surface area contributed by atoms with Crippen molar-refractivity contribution in [1.29, 1.82) is 0 Å². The van der Waals surface area contributed by atoms with E-state index in [1.54, 1.807) is 25.1 Å². The second-order valence-electron chi connectivity index (χ2n) is 5.54. The van der Waals surface area contributed by atoms with Crippen molar-refractivity contribution in [2.75, 3.05) is 7.11 Å². The van der Waals surface area contributed by atoms with Gasteiger partial charge in [-0.05, 0) is 42.8 Å². The monoisotopic (exact) mass is 315 g/mol. The molecule has 0 amide bonds. The topological polar surface area (TPSA) is 76.5 Å². The summed E-state index contributed by atoms with van der Waals surface area (Å²) in [5.74, 6) is -1.43. The third-order valence-electron chi connectivity index (χ3n) is 3.96. The fourth-order valence-corrected chi connectivity index (χ4v) is 2.73. The van der Waals surface area contributed by atoms with Gasteiger partial charge in [-0.1, -0.05) is 25.8 Å². The van der Waals surface area contributed by atoms with E-state index in [0.29, 0.717) is 17.8 Å². The molecule has 0 atom stereocenters. The largest absolute Gasteiger partial charge is 0.478 e. The van der Waals surface area contributed by atoms with Crippen LogP contribution in [-0.2, 0) is 11.2 Å². The SMILES string of the molecule is CCCCCc1c(C(=O)OC)nc(C)c2cc(C(=O)O)ccc12. The zero-order valence-corrected chi connectivity index (χ0v) is 13.7. The van der Waals surface area contributed by atoms with Crippen molar-refractivity contribution < 1.29 is 19.4 Å². The molecule has 1 heterocycles. The maximum absolute atomic E-state index is 12.1. The molecule has 0 saturated heterocycles. The number of ether oxygens (including phenoxy) is 1. The highest BCUT2D eigenvalue weighted by Gasteiger charge is 2.19. The van der Waals surface area contributed by atoms with Gasteiger partial charge in [0.25, 0.3) is 0 Å². The molecule has 0 spiro atoms. The number of methoxy groups -OCH3 is 1. The molecule has 2 rings (SSSR count). The normalized spacial score (nSPS) is 10.7. The fraction of sp³-hybridized carbons (Fsp3) is 0.389. The molecule has 5 heteroatoms. The quantitative estimate of drug-likeness (QED) is 0.649. The lowest BCUT2D eigenvalue weighted by molar-refractivity contribution is 0.0591. The van der Waals surface area contributed by atoms with Crippen LogP contribution in [0.4, 0.5) is 0 Å². The summed E-state index contributed by atoms with van der Waals surface area (Å²) in [6.45, 7) is 3.89. The van der Waals surface area contributed by atoms with E-state index >= 15 is 0 Å². The molecule has 23 heavy (non-hydrogen) atoms. The highest BCUT2D eigenvalue weighted by molar-refractivity contribution is 6.00. The van der Waals surface area contributed by atoms with Gasteiger partial charge in [0.15, 0.2) is 5.69 Å². The molecule has 1 aromatic heterocycles. The van der Waals surface area contributed by atoms with E-state index in [4.69, 9.17) is 9.84 Å². The number of aromatic carboxylic acids is 1. The first kappa shape index (κ1) is 16.9. The van der Waals surface area contributed by atoms with Crippen LogP contribution in [0.3, 0.4) is 0 Å². The van der Waals surface area contributed by atoms with Gasteiger partial charge in [-0.3, -0.25) is 0 Å². The number of aromatic nitrogens is 1. The van der Waals surface area contributed by atoms with Crippen molar-refractivity contribution in [3.8, 4) is 0 Å². The third kappa shape index (κ3) is 3.50.